The maximum atomic E-state index is 13.6. The highest BCUT2D eigenvalue weighted by atomic mass is 35.5. The van der Waals surface area contributed by atoms with E-state index in [1.54, 1.807) is 18.2 Å². The molecule has 1 amide bonds. The number of fused-ring (bicyclic) bond motifs is 1. The van der Waals surface area contributed by atoms with Gasteiger partial charge in [-0.05, 0) is 30.3 Å². The Balaban J connectivity index is 1.63. The summed E-state index contributed by atoms with van der Waals surface area (Å²) in [4.78, 5) is 24.0. The number of carbonyl (C=O) groups excluding carboxylic acids is 1. The topological polar surface area (TPSA) is 120 Å². The number of pyridine rings is 1. The summed E-state index contributed by atoms with van der Waals surface area (Å²) < 4.78 is 46.0. The van der Waals surface area contributed by atoms with Gasteiger partial charge in [0.15, 0.2) is 0 Å². The standard InChI is InChI=1S/C23H18ClF3N4O4/c24-12-4-5-16(18(6-12)23(25,26)27)21-30-19-9-28-8-17(20(19)31-21)22(34)29-13-2-1-3-15(7-13)35-11-14(33)10-32/h1-9,14,32-33H,10-11H2,(H,29,34)(H,30,31)/t14-/m0/s1. The number of hydrogen-bond acceptors (Lipinski definition) is 6. The molecule has 0 saturated heterocycles. The molecule has 0 fully saturated rings. The van der Waals surface area contributed by atoms with Crippen molar-refractivity contribution in [1.82, 2.24) is 15.0 Å². The van der Waals surface area contributed by atoms with E-state index < -0.39 is 30.4 Å². The van der Waals surface area contributed by atoms with Gasteiger partial charge in [0.05, 0.1) is 29.4 Å². The number of halogens is 4. The van der Waals surface area contributed by atoms with E-state index in [1.807, 2.05) is 0 Å². The van der Waals surface area contributed by atoms with Gasteiger partial charge >= 0.3 is 6.18 Å². The molecule has 0 saturated carbocycles. The zero-order valence-corrected chi connectivity index (χ0v) is 18.6. The van der Waals surface area contributed by atoms with Gasteiger partial charge in [-0.3, -0.25) is 9.78 Å². The highest BCUT2D eigenvalue weighted by molar-refractivity contribution is 6.30. The molecule has 12 heteroatoms. The molecule has 0 radical (unpaired) electrons. The summed E-state index contributed by atoms with van der Waals surface area (Å²) in [6.07, 6.45) is -3.11. The van der Waals surface area contributed by atoms with Gasteiger partial charge in [-0.15, -0.1) is 0 Å². The Morgan fingerprint density at radius 3 is 2.74 bits per heavy atom. The number of aliphatic hydroxyl groups excluding tert-OH is 2. The van der Waals surface area contributed by atoms with E-state index in [9.17, 15) is 23.1 Å². The Labute approximate surface area is 201 Å². The third-order valence-electron chi connectivity index (χ3n) is 4.93. The van der Waals surface area contributed by atoms with Crippen LogP contribution in [0.4, 0.5) is 18.9 Å². The van der Waals surface area contributed by atoms with E-state index in [0.29, 0.717) is 11.4 Å². The molecule has 2 aromatic carbocycles. The lowest BCUT2D eigenvalue weighted by atomic mass is 10.1. The van der Waals surface area contributed by atoms with Gasteiger partial charge < -0.3 is 25.3 Å². The van der Waals surface area contributed by atoms with Crippen LogP contribution < -0.4 is 10.1 Å². The molecular weight excluding hydrogens is 489 g/mol. The quantitative estimate of drug-likeness (QED) is 0.297. The number of imidazole rings is 1. The lowest BCUT2D eigenvalue weighted by Gasteiger charge is -2.11. The number of carbonyl (C=O) groups is 1. The molecule has 0 aliphatic heterocycles. The third-order valence-corrected chi connectivity index (χ3v) is 5.16. The number of ether oxygens (including phenoxy) is 1. The van der Waals surface area contributed by atoms with Crippen LogP contribution in [0.2, 0.25) is 5.02 Å². The van der Waals surface area contributed by atoms with Gasteiger partial charge in [0.25, 0.3) is 5.91 Å². The van der Waals surface area contributed by atoms with E-state index in [2.05, 4.69) is 20.3 Å². The van der Waals surface area contributed by atoms with Crippen LogP contribution in [0.1, 0.15) is 15.9 Å². The zero-order valence-electron chi connectivity index (χ0n) is 17.8. The molecule has 8 nitrogen and oxygen atoms in total. The van der Waals surface area contributed by atoms with Gasteiger partial charge in [0.1, 0.15) is 29.8 Å². The molecule has 1 atom stereocenters. The van der Waals surface area contributed by atoms with Crippen molar-refractivity contribution in [1.29, 1.82) is 0 Å². The van der Waals surface area contributed by atoms with Crippen LogP contribution in [0, 0.1) is 0 Å². The maximum absolute atomic E-state index is 13.6. The van der Waals surface area contributed by atoms with Crippen molar-refractivity contribution in [3.63, 3.8) is 0 Å². The Bertz CT molecular complexity index is 1380. The van der Waals surface area contributed by atoms with Crippen molar-refractivity contribution >= 4 is 34.2 Å². The normalized spacial score (nSPS) is 12.5. The number of aliphatic hydroxyl groups is 2. The molecule has 0 spiro atoms. The molecule has 4 N–H and O–H groups in total. The third kappa shape index (κ3) is 5.53. The second-order valence-electron chi connectivity index (χ2n) is 7.49. The second-order valence-corrected chi connectivity index (χ2v) is 7.92. The summed E-state index contributed by atoms with van der Waals surface area (Å²) in [5, 5.41) is 20.9. The molecule has 4 aromatic rings. The summed E-state index contributed by atoms with van der Waals surface area (Å²) >= 11 is 5.76. The van der Waals surface area contributed by atoms with Crippen LogP contribution in [-0.4, -0.2) is 50.4 Å². The lowest BCUT2D eigenvalue weighted by Crippen LogP contribution is -2.21. The number of anilines is 1. The van der Waals surface area contributed by atoms with Gasteiger partial charge in [-0.25, -0.2) is 4.98 Å². The number of rotatable bonds is 7. The van der Waals surface area contributed by atoms with Crippen LogP contribution in [-0.2, 0) is 6.18 Å². The zero-order chi connectivity index (χ0) is 25.2. The Morgan fingerprint density at radius 1 is 1.20 bits per heavy atom. The average Bonchev–Trinajstić information content (AvgIpc) is 3.26. The highest BCUT2D eigenvalue weighted by Gasteiger charge is 2.35. The summed E-state index contributed by atoms with van der Waals surface area (Å²) in [6, 6.07) is 9.65. The number of amides is 1. The van der Waals surface area contributed by atoms with Crippen LogP contribution >= 0.6 is 11.6 Å². The first-order valence-electron chi connectivity index (χ1n) is 10.2. The SMILES string of the molecule is O=C(Nc1cccc(OC[C@@H](O)CO)c1)c1cncc2[nH]c(-c3ccc(Cl)cc3C(F)(F)F)nc12. The minimum Gasteiger partial charge on any atom is -0.491 e. The van der Waals surface area contributed by atoms with Crippen LogP contribution in [0.25, 0.3) is 22.4 Å². The van der Waals surface area contributed by atoms with E-state index in [-0.39, 0.29) is 39.6 Å². The monoisotopic (exact) mass is 506 g/mol. The fraction of sp³-hybridized carbons (Fsp3) is 0.174. The fourth-order valence-electron chi connectivity index (χ4n) is 3.29. The molecule has 35 heavy (non-hydrogen) atoms. The summed E-state index contributed by atoms with van der Waals surface area (Å²) in [5.41, 5.74) is -0.393. The summed E-state index contributed by atoms with van der Waals surface area (Å²) in [7, 11) is 0. The number of hydrogen-bond donors (Lipinski definition) is 4. The molecular formula is C23H18ClF3N4O4. The fourth-order valence-corrected chi connectivity index (χ4v) is 3.46. The minimum atomic E-state index is -4.67. The number of alkyl halides is 3. The predicted molar refractivity (Wildman–Crippen MR) is 122 cm³/mol. The molecule has 0 bridgehead atoms. The maximum Gasteiger partial charge on any atom is 0.417 e. The van der Waals surface area contributed by atoms with E-state index in [4.69, 9.17) is 21.4 Å². The van der Waals surface area contributed by atoms with Crippen molar-refractivity contribution in [2.75, 3.05) is 18.5 Å². The van der Waals surface area contributed by atoms with E-state index >= 15 is 0 Å². The smallest absolute Gasteiger partial charge is 0.417 e. The van der Waals surface area contributed by atoms with Gasteiger partial charge in [0, 0.05) is 28.5 Å². The van der Waals surface area contributed by atoms with Gasteiger partial charge in [0.2, 0.25) is 0 Å². The number of nitrogens with one attached hydrogen (secondary N) is 2. The van der Waals surface area contributed by atoms with Crippen molar-refractivity contribution in [2.45, 2.75) is 12.3 Å². The van der Waals surface area contributed by atoms with Crippen LogP contribution in [0.15, 0.2) is 54.9 Å². The van der Waals surface area contributed by atoms with E-state index in [0.717, 1.165) is 6.07 Å². The van der Waals surface area contributed by atoms with Gasteiger partial charge in [-0.2, -0.15) is 13.2 Å². The Morgan fingerprint density at radius 2 is 2.00 bits per heavy atom. The molecule has 0 aliphatic carbocycles. The minimum absolute atomic E-state index is 0.0366. The first-order chi connectivity index (χ1) is 16.7. The van der Waals surface area contributed by atoms with Crippen molar-refractivity contribution in [2.24, 2.45) is 0 Å². The second kappa shape index (κ2) is 9.90. The number of H-pyrrole nitrogens is 1. The van der Waals surface area contributed by atoms with Crippen LogP contribution in [0.3, 0.4) is 0 Å². The van der Waals surface area contributed by atoms with Crippen LogP contribution in [0.5, 0.6) is 5.75 Å². The lowest BCUT2D eigenvalue weighted by molar-refractivity contribution is -0.137. The summed E-state index contributed by atoms with van der Waals surface area (Å²) in [5.74, 6) is -0.346. The summed E-state index contributed by atoms with van der Waals surface area (Å²) in [6.45, 7) is -0.600. The molecule has 0 unspecified atom stereocenters. The molecule has 0 aliphatic rings. The van der Waals surface area contributed by atoms with Crippen molar-refractivity contribution in [3.05, 3.63) is 71.0 Å². The molecule has 4 rings (SSSR count). The molecule has 2 aromatic heterocycles. The molecule has 2 heterocycles. The van der Waals surface area contributed by atoms with Crippen molar-refractivity contribution < 1.29 is 32.9 Å². The van der Waals surface area contributed by atoms with E-state index in [1.165, 1.54) is 30.6 Å². The number of aromatic nitrogens is 3. The first kappa shape index (κ1) is 24.5. The average molecular weight is 507 g/mol. The Hall–Kier alpha value is -3.67. The predicted octanol–water partition coefficient (Wildman–Crippen LogP) is 4.28. The number of benzene rings is 2. The molecule has 182 valence electrons. The first-order valence-corrected chi connectivity index (χ1v) is 10.6. The van der Waals surface area contributed by atoms with Gasteiger partial charge in [-0.1, -0.05) is 17.7 Å². The number of aromatic amines is 1. The Kier molecular flexibility index (Phi) is 6.92. The highest BCUT2D eigenvalue weighted by Crippen LogP contribution is 2.38. The number of nitrogens with zero attached hydrogens (tertiary/aromatic N) is 2. The van der Waals surface area contributed by atoms with Crippen molar-refractivity contribution in [3.8, 4) is 17.1 Å². The largest absolute Gasteiger partial charge is 0.491 e.